The van der Waals surface area contributed by atoms with E-state index in [0.29, 0.717) is 6.04 Å². The molecule has 0 saturated heterocycles. The van der Waals surface area contributed by atoms with Gasteiger partial charge in [0.25, 0.3) is 0 Å². The van der Waals surface area contributed by atoms with Gasteiger partial charge in [0.1, 0.15) is 5.60 Å². The molecule has 0 aromatic carbocycles. The minimum atomic E-state index is -0.427. The summed E-state index contributed by atoms with van der Waals surface area (Å²) in [5, 5.41) is 6.44. The lowest BCUT2D eigenvalue weighted by molar-refractivity contribution is 0.0505. The van der Waals surface area contributed by atoms with Crippen LogP contribution in [0.15, 0.2) is 11.6 Å². The van der Waals surface area contributed by atoms with Gasteiger partial charge in [-0.3, -0.25) is 0 Å². The Morgan fingerprint density at radius 3 is 2.47 bits per heavy atom. The van der Waals surface area contributed by atoms with Crippen molar-refractivity contribution in [3.63, 3.8) is 0 Å². The molecule has 0 aromatic heterocycles. The topological polar surface area (TPSA) is 50.4 Å². The van der Waals surface area contributed by atoms with Gasteiger partial charge < -0.3 is 15.4 Å². The Morgan fingerprint density at radius 2 is 1.89 bits per heavy atom. The molecule has 1 saturated carbocycles. The molecule has 0 spiro atoms. The Balaban J connectivity index is 2.25. The number of ether oxygens (including phenoxy) is 1. The van der Waals surface area contributed by atoms with Crippen LogP contribution >= 0.6 is 0 Å². The first-order valence-electron chi connectivity index (χ1n) is 7.12. The van der Waals surface area contributed by atoms with Crippen molar-refractivity contribution < 1.29 is 9.53 Å². The van der Waals surface area contributed by atoms with E-state index in [4.69, 9.17) is 4.74 Å². The van der Waals surface area contributed by atoms with Crippen LogP contribution in [-0.4, -0.2) is 30.3 Å². The van der Waals surface area contributed by atoms with E-state index < -0.39 is 5.60 Å². The molecule has 2 N–H and O–H groups in total. The van der Waals surface area contributed by atoms with Gasteiger partial charge in [0.05, 0.1) is 0 Å². The highest BCUT2D eigenvalue weighted by atomic mass is 16.6. The SMILES string of the molecule is CC(C)=CCNC1CCC(NC(=O)OC(C)(C)C)C1. The lowest BCUT2D eigenvalue weighted by Crippen LogP contribution is -2.39. The monoisotopic (exact) mass is 268 g/mol. The molecule has 0 bridgehead atoms. The second-order valence-electron chi connectivity index (χ2n) is 6.54. The van der Waals surface area contributed by atoms with E-state index in [0.717, 1.165) is 25.8 Å². The summed E-state index contributed by atoms with van der Waals surface area (Å²) >= 11 is 0. The summed E-state index contributed by atoms with van der Waals surface area (Å²) in [5.74, 6) is 0. The summed E-state index contributed by atoms with van der Waals surface area (Å²) in [6.45, 7) is 10.7. The Bertz CT molecular complexity index is 328. The fourth-order valence-electron chi connectivity index (χ4n) is 2.20. The minimum absolute atomic E-state index is 0.235. The van der Waals surface area contributed by atoms with Gasteiger partial charge in [-0.25, -0.2) is 4.79 Å². The van der Waals surface area contributed by atoms with Gasteiger partial charge in [-0.05, 0) is 53.9 Å². The maximum Gasteiger partial charge on any atom is 0.407 e. The van der Waals surface area contributed by atoms with Gasteiger partial charge in [-0.15, -0.1) is 0 Å². The van der Waals surface area contributed by atoms with Crippen LogP contribution in [0, 0.1) is 0 Å². The second kappa shape index (κ2) is 6.94. The smallest absolute Gasteiger partial charge is 0.407 e. The molecule has 0 heterocycles. The number of nitrogens with one attached hydrogen (secondary N) is 2. The fraction of sp³-hybridized carbons (Fsp3) is 0.800. The Kier molecular flexibility index (Phi) is 5.85. The van der Waals surface area contributed by atoms with Gasteiger partial charge in [0, 0.05) is 18.6 Å². The zero-order valence-electron chi connectivity index (χ0n) is 12.9. The molecule has 4 nitrogen and oxygen atoms in total. The summed E-state index contributed by atoms with van der Waals surface area (Å²) in [6.07, 6.45) is 5.00. The molecule has 0 aromatic rings. The van der Waals surface area contributed by atoms with Gasteiger partial charge in [0.2, 0.25) is 0 Å². The molecule has 110 valence electrons. The largest absolute Gasteiger partial charge is 0.444 e. The highest BCUT2D eigenvalue weighted by Gasteiger charge is 2.27. The predicted molar refractivity (Wildman–Crippen MR) is 78.2 cm³/mol. The highest BCUT2D eigenvalue weighted by molar-refractivity contribution is 5.68. The molecule has 1 amide bonds. The number of hydrogen-bond donors (Lipinski definition) is 2. The van der Waals surface area contributed by atoms with Crippen molar-refractivity contribution in [2.24, 2.45) is 0 Å². The first-order chi connectivity index (χ1) is 8.76. The van der Waals surface area contributed by atoms with Crippen LogP contribution in [0.5, 0.6) is 0 Å². The van der Waals surface area contributed by atoms with E-state index in [1.165, 1.54) is 5.57 Å². The normalized spacial score (nSPS) is 23.0. The molecule has 1 fully saturated rings. The molecule has 1 aliphatic carbocycles. The third-order valence-corrected chi connectivity index (χ3v) is 3.07. The number of alkyl carbamates (subject to hydrolysis) is 1. The molecule has 0 aliphatic heterocycles. The molecule has 2 unspecified atom stereocenters. The van der Waals surface area contributed by atoms with Crippen LogP contribution in [0.4, 0.5) is 4.79 Å². The van der Waals surface area contributed by atoms with E-state index in [1.807, 2.05) is 20.8 Å². The maximum atomic E-state index is 11.7. The quantitative estimate of drug-likeness (QED) is 0.771. The summed E-state index contributed by atoms with van der Waals surface area (Å²) < 4.78 is 5.27. The number of carbonyl (C=O) groups is 1. The number of rotatable bonds is 4. The molecule has 0 radical (unpaired) electrons. The molecular formula is C15H28N2O2. The summed E-state index contributed by atoms with van der Waals surface area (Å²) in [4.78, 5) is 11.7. The van der Waals surface area contributed by atoms with Gasteiger partial charge >= 0.3 is 6.09 Å². The average molecular weight is 268 g/mol. The number of allylic oxidation sites excluding steroid dienone is 1. The number of amides is 1. The number of carbonyl (C=O) groups excluding carboxylic acids is 1. The number of hydrogen-bond acceptors (Lipinski definition) is 3. The third-order valence-electron chi connectivity index (χ3n) is 3.07. The maximum absolute atomic E-state index is 11.7. The van der Waals surface area contributed by atoms with Crippen molar-refractivity contribution in [3.8, 4) is 0 Å². The Hall–Kier alpha value is -1.03. The van der Waals surface area contributed by atoms with Gasteiger partial charge in [-0.1, -0.05) is 11.6 Å². The highest BCUT2D eigenvalue weighted by Crippen LogP contribution is 2.19. The predicted octanol–water partition coefficient (Wildman–Crippen LogP) is 2.99. The van der Waals surface area contributed by atoms with Gasteiger partial charge in [0.15, 0.2) is 0 Å². The summed E-state index contributed by atoms with van der Waals surface area (Å²) in [5.41, 5.74) is 0.901. The molecular weight excluding hydrogens is 240 g/mol. The van der Waals surface area contributed by atoms with Crippen LogP contribution in [0.25, 0.3) is 0 Å². The van der Waals surface area contributed by atoms with Crippen LogP contribution in [-0.2, 0) is 4.74 Å². The third kappa shape index (κ3) is 7.21. The first kappa shape index (κ1) is 16.0. The summed E-state index contributed by atoms with van der Waals surface area (Å²) in [6, 6.07) is 0.731. The molecule has 1 aliphatic rings. The van der Waals surface area contributed by atoms with Crippen LogP contribution in [0.2, 0.25) is 0 Å². The lowest BCUT2D eigenvalue weighted by Gasteiger charge is -2.21. The van der Waals surface area contributed by atoms with E-state index >= 15 is 0 Å². The first-order valence-corrected chi connectivity index (χ1v) is 7.12. The molecule has 1 rings (SSSR count). The van der Waals surface area contributed by atoms with E-state index in [2.05, 4.69) is 30.6 Å². The molecule has 4 heteroatoms. The van der Waals surface area contributed by atoms with Crippen molar-refractivity contribution in [1.29, 1.82) is 0 Å². The Morgan fingerprint density at radius 1 is 1.26 bits per heavy atom. The summed E-state index contributed by atoms with van der Waals surface area (Å²) in [7, 11) is 0. The molecule has 2 atom stereocenters. The van der Waals surface area contributed by atoms with Crippen LogP contribution < -0.4 is 10.6 Å². The zero-order valence-corrected chi connectivity index (χ0v) is 12.9. The second-order valence-corrected chi connectivity index (χ2v) is 6.54. The minimum Gasteiger partial charge on any atom is -0.444 e. The van der Waals surface area contributed by atoms with E-state index in [9.17, 15) is 4.79 Å². The lowest BCUT2D eigenvalue weighted by atomic mass is 10.2. The van der Waals surface area contributed by atoms with E-state index in [-0.39, 0.29) is 12.1 Å². The zero-order chi connectivity index (χ0) is 14.5. The van der Waals surface area contributed by atoms with Crippen molar-refractivity contribution >= 4 is 6.09 Å². The van der Waals surface area contributed by atoms with Crippen molar-refractivity contribution in [3.05, 3.63) is 11.6 Å². The van der Waals surface area contributed by atoms with Crippen molar-refractivity contribution in [1.82, 2.24) is 10.6 Å². The van der Waals surface area contributed by atoms with Crippen molar-refractivity contribution in [2.75, 3.05) is 6.54 Å². The van der Waals surface area contributed by atoms with Crippen LogP contribution in [0.1, 0.15) is 53.9 Å². The van der Waals surface area contributed by atoms with Gasteiger partial charge in [-0.2, -0.15) is 0 Å². The molecule has 19 heavy (non-hydrogen) atoms. The fourth-order valence-corrected chi connectivity index (χ4v) is 2.20. The Labute approximate surface area is 117 Å². The standard InChI is InChI=1S/C15H28N2O2/c1-11(2)8-9-16-12-6-7-13(10-12)17-14(18)19-15(3,4)5/h8,12-13,16H,6-7,9-10H2,1-5H3,(H,17,18). The average Bonchev–Trinajstić information content (AvgIpc) is 2.61. The van der Waals surface area contributed by atoms with Crippen molar-refractivity contribution in [2.45, 2.75) is 71.6 Å². The van der Waals surface area contributed by atoms with Crippen LogP contribution in [0.3, 0.4) is 0 Å². The van der Waals surface area contributed by atoms with E-state index in [1.54, 1.807) is 0 Å².